The molecule has 0 fully saturated rings. The van der Waals surface area contributed by atoms with Gasteiger partial charge in [-0.1, -0.05) is 0 Å². The monoisotopic (exact) mass is 185 g/mol. The van der Waals surface area contributed by atoms with Crippen molar-refractivity contribution in [1.82, 2.24) is 0 Å². The molecule has 0 aromatic heterocycles. The molecule has 0 saturated carbocycles. The van der Waals surface area contributed by atoms with Gasteiger partial charge in [-0.2, -0.15) is 0 Å². The van der Waals surface area contributed by atoms with Gasteiger partial charge in [0.15, 0.2) is 0 Å². The molecule has 0 atom stereocenters. The van der Waals surface area contributed by atoms with Gasteiger partial charge in [0.2, 0.25) is 0 Å². The van der Waals surface area contributed by atoms with E-state index < -0.39 is 7.60 Å². The first-order valence-electron chi connectivity index (χ1n) is 1.90. The molecule has 0 saturated heterocycles. The molecule has 0 amide bonds. The van der Waals surface area contributed by atoms with Gasteiger partial charge in [-0.05, 0) is 0 Å². The predicted octanol–water partition coefficient (Wildman–Crippen LogP) is -0.785. The van der Waals surface area contributed by atoms with Crippen molar-refractivity contribution >= 4 is 24.1 Å². The second-order valence-electron chi connectivity index (χ2n) is 1.24. The Bertz CT molecular complexity index is 86.9. The first-order chi connectivity index (χ1) is 3.06. The van der Waals surface area contributed by atoms with Crippen LogP contribution in [0.5, 0.6) is 0 Å². The zero-order valence-electron chi connectivity index (χ0n) is 3.87. The van der Waals surface area contributed by atoms with Crippen LogP contribution in [0.15, 0.2) is 0 Å². The van der Waals surface area contributed by atoms with Crippen molar-refractivity contribution in [2.75, 3.05) is 6.16 Å². The summed E-state index contributed by atoms with van der Waals surface area (Å²) in [6, 6.07) is 0. The average Bonchev–Trinajstić information content (AvgIpc) is 1.30. The van der Waals surface area contributed by atoms with Crippen LogP contribution in [0.4, 0.5) is 0 Å². The first kappa shape index (κ1) is 7.69. The summed E-state index contributed by atoms with van der Waals surface area (Å²) in [5.74, 6) is 0. The second-order valence-corrected chi connectivity index (χ2v) is 4.50. The summed E-state index contributed by atoms with van der Waals surface area (Å²) in [5.41, 5.74) is 0. The second kappa shape index (κ2) is 2.87. The maximum absolute atomic E-state index is 9.95. The minimum absolute atomic E-state index is 0.0625. The summed E-state index contributed by atoms with van der Waals surface area (Å²) < 4.78 is 9.95. The summed E-state index contributed by atoms with van der Waals surface area (Å²) in [4.78, 5) is 16.3. The number of rotatable bonds is 2. The fourth-order valence-corrected chi connectivity index (χ4v) is 3.21. The summed E-state index contributed by atoms with van der Waals surface area (Å²) in [6.07, 6.45) is 0.0625. The van der Waals surface area contributed by atoms with Gasteiger partial charge in [0.05, 0.1) is 0 Å². The number of hydrogen-bond acceptors (Lipinski definition) is 1. The van der Waals surface area contributed by atoms with Gasteiger partial charge in [-0.25, -0.2) is 0 Å². The van der Waals surface area contributed by atoms with E-state index in [4.69, 9.17) is 9.79 Å². The zero-order valence-corrected chi connectivity index (χ0v) is 7.73. The van der Waals surface area contributed by atoms with Crippen LogP contribution in [-0.4, -0.2) is 32.5 Å². The zero-order chi connectivity index (χ0) is 5.91. The third kappa shape index (κ3) is 6.69. The summed E-state index contributed by atoms with van der Waals surface area (Å²) in [6.45, 7) is 0. The normalized spacial score (nSPS) is 11.9. The van der Waals surface area contributed by atoms with Crippen LogP contribution in [0.25, 0.3) is 0 Å². The Labute approximate surface area is 50.5 Å². The molecule has 7 heavy (non-hydrogen) atoms. The Kier molecular flexibility index (Phi) is 3.15. The standard InChI is InChI=1S/C2H8GeO3P/c3-1-2-7(4,5)6/h1-3H2,(H2,4,5,6). The van der Waals surface area contributed by atoms with Crippen molar-refractivity contribution in [3.05, 3.63) is 0 Å². The van der Waals surface area contributed by atoms with Crippen molar-refractivity contribution in [3.63, 3.8) is 0 Å². The molecular formula is C2H8GeO3P. The Balaban J connectivity index is 3.36. The molecule has 0 aromatic rings. The van der Waals surface area contributed by atoms with Crippen LogP contribution in [0.3, 0.4) is 0 Å². The van der Waals surface area contributed by atoms with Crippen molar-refractivity contribution in [2.45, 2.75) is 5.25 Å². The van der Waals surface area contributed by atoms with Crippen molar-refractivity contribution in [1.29, 1.82) is 0 Å². The van der Waals surface area contributed by atoms with E-state index in [1.165, 1.54) is 0 Å². The molecule has 0 rings (SSSR count). The number of hydrogen-bond donors (Lipinski definition) is 2. The molecule has 0 aliphatic rings. The minimum atomic E-state index is -3.63. The summed E-state index contributed by atoms with van der Waals surface area (Å²) in [7, 11) is -3.63. The van der Waals surface area contributed by atoms with Crippen molar-refractivity contribution in [2.24, 2.45) is 0 Å². The van der Waals surface area contributed by atoms with Crippen LogP contribution in [0, 0.1) is 0 Å². The van der Waals surface area contributed by atoms with Gasteiger partial charge >= 0.3 is 49.9 Å². The van der Waals surface area contributed by atoms with E-state index >= 15 is 0 Å². The van der Waals surface area contributed by atoms with E-state index in [9.17, 15) is 4.57 Å². The Morgan fingerprint density at radius 1 is 1.57 bits per heavy atom. The SMILES string of the molecule is O=P(O)(O)C[CH2][GeH2]. The summed E-state index contributed by atoms with van der Waals surface area (Å²) in [5, 5.41) is 0.671. The predicted molar refractivity (Wildman–Crippen MR) is 30.3 cm³/mol. The van der Waals surface area contributed by atoms with E-state index in [2.05, 4.69) is 0 Å². The molecule has 0 unspecified atom stereocenters. The van der Waals surface area contributed by atoms with E-state index in [-0.39, 0.29) is 6.16 Å². The van der Waals surface area contributed by atoms with Crippen LogP contribution < -0.4 is 0 Å². The average molecular weight is 184 g/mol. The van der Waals surface area contributed by atoms with E-state index in [1.807, 2.05) is 0 Å². The molecular weight excluding hydrogens is 176 g/mol. The fraction of sp³-hybridized carbons (Fsp3) is 1.00. The maximum atomic E-state index is 9.95. The van der Waals surface area contributed by atoms with Gasteiger partial charge in [-0.15, -0.1) is 0 Å². The van der Waals surface area contributed by atoms with Crippen LogP contribution in [0.2, 0.25) is 5.25 Å². The van der Waals surface area contributed by atoms with E-state index in [1.54, 1.807) is 0 Å². The van der Waals surface area contributed by atoms with Gasteiger partial charge in [0.25, 0.3) is 0 Å². The molecule has 0 aromatic carbocycles. The Morgan fingerprint density at radius 2 is 2.00 bits per heavy atom. The summed E-state index contributed by atoms with van der Waals surface area (Å²) >= 11 is 0.963. The molecule has 3 nitrogen and oxygen atoms in total. The molecule has 0 heterocycles. The quantitative estimate of drug-likeness (QED) is 0.436. The molecule has 1 radical (unpaired) electrons. The first-order valence-corrected chi connectivity index (χ1v) is 5.79. The third-order valence-corrected chi connectivity index (χ3v) is 3.34. The van der Waals surface area contributed by atoms with Crippen molar-refractivity contribution < 1.29 is 14.4 Å². The third-order valence-electron chi connectivity index (χ3n) is 0.449. The van der Waals surface area contributed by atoms with Crippen LogP contribution in [-0.2, 0) is 4.57 Å². The fourth-order valence-electron chi connectivity index (χ4n) is 0.206. The van der Waals surface area contributed by atoms with Gasteiger partial charge < -0.3 is 0 Å². The molecule has 0 bridgehead atoms. The molecule has 43 valence electrons. The topological polar surface area (TPSA) is 57.5 Å². The molecule has 2 N–H and O–H groups in total. The van der Waals surface area contributed by atoms with Crippen LogP contribution >= 0.6 is 7.60 Å². The van der Waals surface area contributed by atoms with E-state index in [0.29, 0.717) is 5.25 Å². The molecule has 5 heteroatoms. The Morgan fingerprint density at radius 3 is 2.00 bits per heavy atom. The Hall–Kier alpha value is 0.693. The van der Waals surface area contributed by atoms with Crippen molar-refractivity contribution in [3.8, 4) is 0 Å². The molecule has 0 aliphatic carbocycles. The van der Waals surface area contributed by atoms with Crippen LogP contribution in [0.1, 0.15) is 0 Å². The van der Waals surface area contributed by atoms with Gasteiger partial charge in [0.1, 0.15) is 0 Å². The van der Waals surface area contributed by atoms with E-state index in [0.717, 1.165) is 16.5 Å². The van der Waals surface area contributed by atoms with Gasteiger partial charge in [0, 0.05) is 0 Å². The molecule has 0 aliphatic heterocycles. The van der Waals surface area contributed by atoms with Gasteiger partial charge in [-0.3, -0.25) is 0 Å². The molecule has 0 spiro atoms.